The van der Waals surface area contributed by atoms with Crippen molar-refractivity contribution in [2.45, 2.75) is 302 Å². The largest absolute Gasteiger partial charge is 0.472 e. The van der Waals surface area contributed by atoms with Gasteiger partial charge in [0.1, 0.15) is 19.8 Å². The Hall–Kier alpha value is -3.85. The van der Waals surface area contributed by atoms with E-state index >= 15 is 0 Å². The number of quaternary nitrogens is 1. The Bertz CT molecular complexity index is 1950. The molecule has 10 heteroatoms. The molecule has 0 aromatic rings. The highest BCUT2D eigenvalue weighted by Crippen LogP contribution is 2.43. The van der Waals surface area contributed by atoms with E-state index in [1.807, 2.05) is 21.1 Å². The second kappa shape index (κ2) is 67.5. The van der Waals surface area contributed by atoms with Gasteiger partial charge in [0.15, 0.2) is 6.10 Å². The first-order chi connectivity index (χ1) is 43.0. The summed E-state index contributed by atoms with van der Waals surface area (Å²) >= 11 is 0. The number of esters is 2. The number of phosphoric acid groups is 1. The van der Waals surface area contributed by atoms with Crippen LogP contribution in [0.2, 0.25) is 0 Å². The molecule has 0 spiro atoms. The van der Waals surface area contributed by atoms with E-state index in [2.05, 4.69) is 148 Å². The van der Waals surface area contributed by atoms with Crippen LogP contribution in [0, 0.1) is 0 Å². The molecule has 1 N–H and O–H groups in total. The maximum atomic E-state index is 12.9. The Morgan fingerprint density at radius 2 is 0.648 bits per heavy atom. The maximum Gasteiger partial charge on any atom is 0.472 e. The van der Waals surface area contributed by atoms with E-state index in [1.54, 1.807) is 0 Å². The van der Waals surface area contributed by atoms with Crippen LogP contribution in [0.15, 0.2) is 134 Å². The number of unbranched alkanes of at least 4 members (excludes halogenated alkanes) is 29. The van der Waals surface area contributed by atoms with Crippen molar-refractivity contribution in [3.05, 3.63) is 134 Å². The summed E-state index contributed by atoms with van der Waals surface area (Å²) in [7, 11) is 1.45. The molecule has 2 unspecified atom stereocenters. The molecular weight excluding hydrogens is 1110 g/mol. The highest BCUT2D eigenvalue weighted by Gasteiger charge is 2.27. The van der Waals surface area contributed by atoms with Crippen molar-refractivity contribution in [2.24, 2.45) is 0 Å². The molecule has 0 aromatic heterocycles. The molecule has 0 aliphatic rings. The van der Waals surface area contributed by atoms with E-state index in [4.69, 9.17) is 18.5 Å². The van der Waals surface area contributed by atoms with Crippen molar-refractivity contribution in [3.8, 4) is 0 Å². The summed E-state index contributed by atoms with van der Waals surface area (Å²) in [5.41, 5.74) is 0. The second-order valence-electron chi connectivity index (χ2n) is 24.9. The number of hydrogen-bond acceptors (Lipinski definition) is 7. The first-order valence-corrected chi connectivity index (χ1v) is 37.4. The first kappa shape index (κ1) is 84.2. The number of carbonyl (C=O) groups is 2. The van der Waals surface area contributed by atoms with Gasteiger partial charge in [-0.05, 0) is 116 Å². The van der Waals surface area contributed by atoms with Gasteiger partial charge >= 0.3 is 19.8 Å². The quantitative estimate of drug-likeness (QED) is 0.0211. The van der Waals surface area contributed by atoms with Crippen LogP contribution in [0.3, 0.4) is 0 Å². The lowest BCUT2D eigenvalue weighted by Gasteiger charge is -2.24. The van der Waals surface area contributed by atoms with Gasteiger partial charge in [-0.1, -0.05) is 302 Å². The fraction of sp³-hybridized carbons (Fsp3) is 0.692. The third-order valence-corrected chi connectivity index (χ3v) is 16.1. The van der Waals surface area contributed by atoms with Crippen molar-refractivity contribution in [3.63, 3.8) is 0 Å². The zero-order valence-corrected chi connectivity index (χ0v) is 58.3. The molecule has 0 aliphatic carbocycles. The van der Waals surface area contributed by atoms with E-state index in [-0.39, 0.29) is 32.0 Å². The zero-order valence-electron chi connectivity index (χ0n) is 57.4. The molecule has 2 atom stereocenters. The van der Waals surface area contributed by atoms with Crippen LogP contribution in [0.1, 0.15) is 296 Å². The van der Waals surface area contributed by atoms with Crippen LogP contribution < -0.4 is 0 Å². The van der Waals surface area contributed by atoms with Gasteiger partial charge in [-0.15, -0.1) is 0 Å². The molecule has 0 amide bonds. The zero-order chi connectivity index (χ0) is 64.1. The highest BCUT2D eigenvalue weighted by atomic mass is 31.2. The Kier molecular flexibility index (Phi) is 64.6. The molecule has 504 valence electrons. The Balaban J connectivity index is 4.12. The minimum atomic E-state index is -4.41. The number of ether oxygens (including phenoxy) is 2. The van der Waals surface area contributed by atoms with Crippen molar-refractivity contribution in [2.75, 3.05) is 47.5 Å². The van der Waals surface area contributed by atoms with Crippen LogP contribution in [0.5, 0.6) is 0 Å². The third-order valence-electron chi connectivity index (χ3n) is 15.2. The predicted molar refractivity (Wildman–Crippen MR) is 381 cm³/mol. The van der Waals surface area contributed by atoms with Gasteiger partial charge in [-0.2, -0.15) is 0 Å². The summed E-state index contributed by atoms with van der Waals surface area (Å²) in [5, 5.41) is 0. The SMILES string of the molecule is CC/C=C\C/C=C\C/C=C\C/C=C\C/C=C\C/C=C\C/C=C\C/C=C\C/C=C\CCCCCCCC(=O)OC(COC(=O)CCCCCCCCCCCCCCCCCCCCC/C=C\C/C=C\CCCCCCC)COP(=O)(O)OCC[N+](C)(C)C. The van der Waals surface area contributed by atoms with Gasteiger partial charge in [0.05, 0.1) is 27.7 Å². The normalized spacial score (nSPS) is 13.9. The van der Waals surface area contributed by atoms with Crippen LogP contribution >= 0.6 is 7.82 Å². The molecule has 0 aromatic carbocycles. The summed E-state index contributed by atoms with van der Waals surface area (Å²) in [5.74, 6) is -0.819. The van der Waals surface area contributed by atoms with Gasteiger partial charge in [0.25, 0.3) is 0 Å². The van der Waals surface area contributed by atoms with E-state index in [9.17, 15) is 19.0 Å². The van der Waals surface area contributed by atoms with Crippen molar-refractivity contribution < 1.29 is 42.1 Å². The fourth-order valence-corrected chi connectivity index (χ4v) is 10.4. The van der Waals surface area contributed by atoms with Crippen LogP contribution in [-0.4, -0.2) is 74.9 Å². The van der Waals surface area contributed by atoms with Crippen LogP contribution in [0.4, 0.5) is 0 Å². The Morgan fingerprint density at radius 1 is 0.364 bits per heavy atom. The molecule has 0 aliphatic heterocycles. The van der Waals surface area contributed by atoms with Gasteiger partial charge in [-0.25, -0.2) is 4.57 Å². The van der Waals surface area contributed by atoms with E-state index in [1.165, 1.54) is 148 Å². The number of nitrogens with zero attached hydrogens (tertiary/aromatic N) is 1. The number of likely N-dealkylation sites (N-methyl/N-ethyl adjacent to an activating group) is 1. The van der Waals surface area contributed by atoms with Crippen LogP contribution in [-0.2, 0) is 32.7 Å². The van der Waals surface area contributed by atoms with E-state index in [0.717, 1.165) is 116 Å². The average molecular weight is 1250 g/mol. The number of allylic oxidation sites excluding steroid dienone is 22. The molecule has 0 saturated carbocycles. The molecule has 0 fully saturated rings. The second-order valence-corrected chi connectivity index (χ2v) is 26.3. The van der Waals surface area contributed by atoms with Gasteiger partial charge in [0, 0.05) is 12.8 Å². The molecule has 0 rings (SSSR count). The maximum absolute atomic E-state index is 12.9. The molecule has 0 bridgehead atoms. The molecular formula is C78H135NO8P+. The molecule has 9 nitrogen and oxygen atoms in total. The van der Waals surface area contributed by atoms with E-state index in [0.29, 0.717) is 17.4 Å². The summed E-state index contributed by atoms with van der Waals surface area (Å²) < 4.78 is 34.7. The lowest BCUT2D eigenvalue weighted by molar-refractivity contribution is -0.870. The average Bonchev–Trinajstić information content (AvgIpc) is 3.56. The minimum Gasteiger partial charge on any atom is -0.462 e. The third kappa shape index (κ3) is 71.2. The monoisotopic (exact) mass is 1240 g/mol. The van der Waals surface area contributed by atoms with Crippen LogP contribution in [0.25, 0.3) is 0 Å². The lowest BCUT2D eigenvalue weighted by atomic mass is 10.0. The number of hydrogen-bond donors (Lipinski definition) is 1. The standard InChI is InChI=1S/C78H134NO8P/c1-6-8-10-12-14-16-18-20-22-24-26-28-30-32-34-36-38-39-41-43-45-47-49-51-53-55-57-59-61-63-65-67-69-71-78(81)87-76(75-86-88(82,83)85-73-72-79(3,4)5)74-84-77(80)70-68-66-64-62-60-58-56-54-52-50-48-46-44-42-40-37-35-33-31-29-27-25-23-21-19-17-15-13-11-9-7-2/h8,10,14,16,19-22,25-28,32,34,38-39,43,45,49,51,55,57,76H,6-7,9,11-13,15,17-18,23-24,29-31,33,35-37,40-42,44,46-48,50,52-54,56,58-75H2,1-5H3/p+1/b10-8-,16-14-,21-19-,22-20-,27-25-,28-26-,34-32-,39-38-,45-43-,51-49-,57-55-. The van der Waals surface area contributed by atoms with Crippen molar-refractivity contribution in [1.82, 2.24) is 0 Å². The molecule has 0 radical (unpaired) electrons. The Morgan fingerprint density at radius 3 is 0.966 bits per heavy atom. The smallest absolute Gasteiger partial charge is 0.462 e. The number of phosphoric ester groups is 1. The number of carbonyl (C=O) groups excluding carboxylic acids is 2. The molecule has 88 heavy (non-hydrogen) atoms. The topological polar surface area (TPSA) is 108 Å². The van der Waals surface area contributed by atoms with Crippen molar-refractivity contribution >= 4 is 19.8 Å². The summed E-state index contributed by atoms with van der Waals surface area (Å²) in [6, 6.07) is 0. The summed E-state index contributed by atoms with van der Waals surface area (Å²) in [6.45, 7) is 4.30. The van der Waals surface area contributed by atoms with Gasteiger partial charge in [0.2, 0.25) is 0 Å². The summed E-state index contributed by atoms with van der Waals surface area (Å²) in [4.78, 5) is 35.9. The first-order valence-electron chi connectivity index (χ1n) is 35.9. The lowest BCUT2D eigenvalue weighted by Crippen LogP contribution is -2.37. The predicted octanol–water partition coefficient (Wildman–Crippen LogP) is 23.6. The van der Waals surface area contributed by atoms with Gasteiger partial charge < -0.3 is 18.9 Å². The molecule has 0 saturated heterocycles. The van der Waals surface area contributed by atoms with E-state index < -0.39 is 26.5 Å². The fourth-order valence-electron chi connectivity index (χ4n) is 9.69. The highest BCUT2D eigenvalue weighted by molar-refractivity contribution is 7.47. The molecule has 0 heterocycles. The summed E-state index contributed by atoms with van der Waals surface area (Å²) in [6.07, 6.45) is 98.4. The minimum absolute atomic E-state index is 0.0218. The number of rotatable bonds is 65. The van der Waals surface area contributed by atoms with Crippen molar-refractivity contribution in [1.29, 1.82) is 0 Å². The Labute approximate surface area is 542 Å². The van der Waals surface area contributed by atoms with Gasteiger partial charge in [-0.3, -0.25) is 18.6 Å².